The summed E-state index contributed by atoms with van der Waals surface area (Å²) in [5, 5.41) is 3.38. The van der Waals surface area contributed by atoms with Crippen molar-refractivity contribution in [2.24, 2.45) is 5.92 Å². The van der Waals surface area contributed by atoms with Crippen molar-refractivity contribution in [3.05, 3.63) is 0 Å². The maximum atomic E-state index is 11.8. The predicted octanol–water partition coefficient (Wildman–Crippen LogP) is 1.68. The second-order valence-electron chi connectivity index (χ2n) is 4.73. The van der Waals surface area contributed by atoms with Crippen LogP contribution in [-0.4, -0.2) is 50.7 Å². The Balaban J connectivity index is 0.00000289. The Morgan fingerprint density at radius 1 is 1.39 bits per heavy atom. The van der Waals surface area contributed by atoms with Gasteiger partial charge in [-0.1, -0.05) is 6.92 Å². The molecule has 1 heterocycles. The number of hydrogen-bond donors (Lipinski definition) is 1. The number of likely N-dealkylation sites (tertiary alicyclic amines) is 1. The Morgan fingerprint density at radius 3 is 2.61 bits per heavy atom. The van der Waals surface area contributed by atoms with Crippen LogP contribution in [0.1, 0.15) is 32.6 Å². The van der Waals surface area contributed by atoms with Crippen molar-refractivity contribution >= 4 is 18.3 Å². The zero-order valence-electron chi connectivity index (χ0n) is 11.6. The summed E-state index contributed by atoms with van der Waals surface area (Å²) in [7, 11) is 1.68. The first-order valence-corrected chi connectivity index (χ1v) is 6.75. The van der Waals surface area contributed by atoms with E-state index in [1.165, 1.54) is 0 Å². The normalized spacial score (nSPS) is 16.4. The molecule has 0 aromatic heterocycles. The number of ether oxygens (including phenoxy) is 1. The number of rotatable bonds is 7. The highest BCUT2D eigenvalue weighted by Gasteiger charge is 2.21. The summed E-state index contributed by atoms with van der Waals surface area (Å²) in [5.41, 5.74) is 0. The summed E-state index contributed by atoms with van der Waals surface area (Å²) in [4.78, 5) is 13.9. The van der Waals surface area contributed by atoms with Crippen LogP contribution in [0.2, 0.25) is 0 Å². The van der Waals surface area contributed by atoms with Gasteiger partial charge in [-0.2, -0.15) is 0 Å². The molecule has 5 heteroatoms. The first kappa shape index (κ1) is 17.7. The van der Waals surface area contributed by atoms with Gasteiger partial charge in [0.05, 0.1) is 0 Å². The molecular formula is C13H27ClN2O2. The van der Waals surface area contributed by atoms with Gasteiger partial charge in [0.15, 0.2) is 0 Å². The van der Waals surface area contributed by atoms with E-state index in [1.807, 2.05) is 4.90 Å². The lowest BCUT2D eigenvalue weighted by atomic mass is 9.96. The third kappa shape index (κ3) is 6.57. The van der Waals surface area contributed by atoms with Crippen molar-refractivity contribution in [1.29, 1.82) is 0 Å². The van der Waals surface area contributed by atoms with Gasteiger partial charge >= 0.3 is 0 Å². The summed E-state index contributed by atoms with van der Waals surface area (Å²) in [6, 6.07) is 0. The first-order chi connectivity index (χ1) is 8.27. The van der Waals surface area contributed by atoms with Crippen LogP contribution in [0.15, 0.2) is 0 Å². The molecule has 1 saturated heterocycles. The molecule has 0 bridgehead atoms. The van der Waals surface area contributed by atoms with E-state index >= 15 is 0 Å². The van der Waals surface area contributed by atoms with Crippen molar-refractivity contribution in [2.45, 2.75) is 32.6 Å². The molecule has 1 rings (SSSR count). The van der Waals surface area contributed by atoms with Crippen LogP contribution >= 0.6 is 12.4 Å². The Bertz CT molecular complexity index is 219. The topological polar surface area (TPSA) is 41.6 Å². The minimum atomic E-state index is 0. The Hall–Kier alpha value is -0.320. The largest absolute Gasteiger partial charge is 0.385 e. The lowest BCUT2D eigenvalue weighted by Crippen LogP contribution is -2.40. The van der Waals surface area contributed by atoms with Gasteiger partial charge < -0.3 is 15.0 Å². The highest BCUT2D eigenvalue weighted by atomic mass is 35.5. The number of nitrogens with one attached hydrogen (secondary N) is 1. The molecule has 0 unspecified atom stereocenters. The number of halogens is 1. The molecule has 0 aromatic rings. The van der Waals surface area contributed by atoms with E-state index in [9.17, 15) is 4.79 Å². The monoisotopic (exact) mass is 278 g/mol. The van der Waals surface area contributed by atoms with E-state index in [0.29, 0.717) is 18.9 Å². The van der Waals surface area contributed by atoms with Crippen LogP contribution in [0.4, 0.5) is 0 Å². The van der Waals surface area contributed by atoms with Gasteiger partial charge in [-0.15, -0.1) is 12.4 Å². The van der Waals surface area contributed by atoms with Crippen molar-refractivity contribution < 1.29 is 9.53 Å². The van der Waals surface area contributed by atoms with E-state index in [-0.39, 0.29) is 12.4 Å². The fourth-order valence-electron chi connectivity index (χ4n) is 2.26. The van der Waals surface area contributed by atoms with Crippen molar-refractivity contribution in [3.63, 3.8) is 0 Å². The molecule has 0 radical (unpaired) electrons. The number of piperidine rings is 1. The molecular weight excluding hydrogens is 252 g/mol. The maximum Gasteiger partial charge on any atom is 0.222 e. The van der Waals surface area contributed by atoms with Gasteiger partial charge in [0, 0.05) is 33.2 Å². The number of carbonyl (C=O) groups excluding carboxylic acids is 1. The average Bonchev–Trinajstić information content (AvgIpc) is 2.37. The lowest BCUT2D eigenvalue weighted by Gasteiger charge is -2.32. The number of amides is 1. The smallest absolute Gasteiger partial charge is 0.222 e. The third-order valence-electron chi connectivity index (χ3n) is 3.39. The Morgan fingerprint density at radius 2 is 2.06 bits per heavy atom. The molecule has 0 saturated carbocycles. The van der Waals surface area contributed by atoms with Crippen LogP contribution in [0, 0.1) is 5.92 Å². The van der Waals surface area contributed by atoms with Crippen LogP contribution in [0.25, 0.3) is 0 Å². The Labute approximate surface area is 117 Å². The van der Waals surface area contributed by atoms with Crippen LogP contribution in [0.3, 0.4) is 0 Å². The van der Waals surface area contributed by atoms with Crippen molar-refractivity contribution in [3.8, 4) is 0 Å². The summed E-state index contributed by atoms with van der Waals surface area (Å²) in [6.45, 7) is 6.82. The zero-order chi connectivity index (χ0) is 12.5. The van der Waals surface area contributed by atoms with Crippen LogP contribution < -0.4 is 5.32 Å². The molecule has 1 fully saturated rings. The molecule has 108 valence electrons. The second kappa shape index (κ2) is 10.6. The van der Waals surface area contributed by atoms with E-state index in [2.05, 4.69) is 12.2 Å². The van der Waals surface area contributed by atoms with Gasteiger partial charge in [0.2, 0.25) is 5.91 Å². The van der Waals surface area contributed by atoms with Gasteiger partial charge in [-0.3, -0.25) is 4.79 Å². The summed E-state index contributed by atoms with van der Waals surface area (Å²) in [6.07, 6.45) is 3.75. The molecule has 0 aromatic carbocycles. The number of methoxy groups -OCH3 is 1. The summed E-state index contributed by atoms with van der Waals surface area (Å²) < 4.78 is 4.96. The fraction of sp³-hybridized carbons (Fsp3) is 0.923. The summed E-state index contributed by atoms with van der Waals surface area (Å²) >= 11 is 0. The zero-order valence-corrected chi connectivity index (χ0v) is 12.4. The molecule has 18 heavy (non-hydrogen) atoms. The van der Waals surface area contributed by atoms with Crippen LogP contribution in [-0.2, 0) is 9.53 Å². The van der Waals surface area contributed by atoms with Crippen molar-refractivity contribution in [1.82, 2.24) is 10.2 Å². The second-order valence-corrected chi connectivity index (χ2v) is 4.73. The quantitative estimate of drug-likeness (QED) is 0.721. The first-order valence-electron chi connectivity index (χ1n) is 6.75. The SMILES string of the molecule is CCNCC1CCN(C(=O)CCCOC)CC1.Cl. The van der Waals surface area contributed by atoms with Crippen LogP contribution in [0.5, 0.6) is 0 Å². The van der Waals surface area contributed by atoms with Gasteiger partial charge in [0.25, 0.3) is 0 Å². The predicted molar refractivity (Wildman–Crippen MR) is 76.2 cm³/mol. The molecule has 1 aliphatic heterocycles. The average molecular weight is 279 g/mol. The van der Waals surface area contributed by atoms with E-state index < -0.39 is 0 Å². The summed E-state index contributed by atoms with van der Waals surface area (Å²) in [5.74, 6) is 1.04. The molecule has 4 nitrogen and oxygen atoms in total. The molecule has 1 N–H and O–H groups in total. The maximum absolute atomic E-state index is 11.8. The van der Waals surface area contributed by atoms with E-state index in [1.54, 1.807) is 7.11 Å². The third-order valence-corrected chi connectivity index (χ3v) is 3.39. The van der Waals surface area contributed by atoms with Gasteiger partial charge in [0.1, 0.15) is 0 Å². The van der Waals surface area contributed by atoms with Gasteiger partial charge in [-0.05, 0) is 38.3 Å². The molecule has 0 atom stereocenters. The highest BCUT2D eigenvalue weighted by molar-refractivity contribution is 5.85. The molecule has 0 aliphatic carbocycles. The minimum absolute atomic E-state index is 0. The van der Waals surface area contributed by atoms with E-state index in [4.69, 9.17) is 4.74 Å². The number of nitrogens with zero attached hydrogens (tertiary/aromatic N) is 1. The minimum Gasteiger partial charge on any atom is -0.385 e. The number of hydrogen-bond acceptors (Lipinski definition) is 3. The number of carbonyl (C=O) groups is 1. The standard InChI is InChI=1S/C13H26N2O2.ClH/c1-3-14-11-12-6-8-15(9-7-12)13(16)5-4-10-17-2;/h12,14H,3-11H2,1-2H3;1H. The molecule has 1 amide bonds. The lowest BCUT2D eigenvalue weighted by molar-refractivity contribution is -0.132. The Kier molecular flexibility index (Phi) is 10.4. The fourth-order valence-corrected chi connectivity index (χ4v) is 2.26. The van der Waals surface area contributed by atoms with E-state index in [0.717, 1.165) is 51.4 Å². The van der Waals surface area contributed by atoms with Gasteiger partial charge in [-0.25, -0.2) is 0 Å². The highest BCUT2D eigenvalue weighted by Crippen LogP contribution is 2.17. The van der Waals surface area contributed by atoms with Crippen molar-refractivity contribution in [2.75, 3.05) is 39.9 Å². The molecule has 0 spiro atoms. The molecule has 1 aliphatic rings.